The third-order valence-corrected chi connectivity index (χ3v) is 4.09. The predicted molar refractivity (Wildman–Crippen MR) is 76.3 cm³/mol. The molecule has 0 bridgehead atoms. The zero-order chi connectivity index (χ0) is 12.2. The fourth-order valence-corrected chi connectivity index (χ4v) is 3.07. The first kappa shape index (κ1) is 12.0. The summed E-state index contributed by atoms with van der Waals surface area (Å²) in [6.07, 6.45) is 3.84. The molecule has 0 radical (unpaired) electrons. The third-order valence-electron chi connectivity index (χ3n) is 4.09. The molecule has 18 heavy (non-hydrogen) atoms. The lowest BCUT2D eigenvalue weighted by molar-refractivity contribution is 0.392. The number of fused-ring (bicyclic) bond motifs is 1. The second kappa shape index (κ2) is 5.72. The van der Waals surface area contributed by atoms with Crippen LogP contribution in [0.5, 0.6) is 0 Å². The highest BCUT2D eigenvalue weighted by atomic mass is 15.2. The zero-order valence-electron chi connectivity index (χ0n) is 11.0. The van der Waals surface area contributed by atoms with E-state index in [1.165, 1.54) is 43.6 Å². The topological polar surface area (TPSA) is 27.3 Å². The monoisotopic (exact) mass is 245 g/mol. The van der Waals surface area contributed by atoms with E-state index >= 15 is 0 Å². The van der Waals surface area contributed by atoms with Crippen molar-refractivity contribution in [1.29, 1.82) is 0 Å². The van der Waals surface area contributed by atoms with Crippen LogP contribution >= 0.6 is 0 Å². The van der Waals surface area contributed by atoms with Gasteiger partial charge in [-0.05, 0) is 37.4 Å². The van der Waals surface area contributed by atoms with Gasteiger partial charge >= 0.3 is 0 Å². The highest BCUT2D eigenvalue weighted by Crippen LogP contribution is 2.26. The van der Waals surface area contributed by atoms with Crippen LogP contribution in [0, 0.1) is 0 Å². The van der Waals surface area contributed by atoms with Gasteiger partial charge in [0.25, 0.3) is 0 Å². The molecule has 3 nitrogen and oxygen atoms in total. The van der Waals surface area contributed by atoms with Crippen LogP contribution in [0.4, 0.5) is 5.69 Å². The van der Waals surface area contributed by atoms with Crippen LogP contribution in [0.2, 0.25) is 0 Å². The van der Waals surface area contributed by atoms with Gasteiger partial charge < -0.3 is 15.5 Å². The Bertz CT molecular complexity index is 385. The van der Waals surface area contributed by atoms with Gasteiger partial charge in [-0.15, -0.1) is 0 Å². The molecule has 98 valence electrons. The normalized spacial score (nSPS) is 23.1. The van der Waals surface area contributed by atoms with E-state index in [2.05, 4.69) is 39.8 Å². The Hall–Kier alpha value is -1.06. The minimum absolute atomic E-state index is 0.677. The van der Waals surface area contributed by atoms with Crippen molar-refractivity contribution >= 4 is 5.69 Å². The predicted octanol–water partition coefficient (Wildman–Crippen LogP) is 1.39. The maximum absolute atomic E-state index is 3.68. The molecule has 0 aromatic heterocycles. The molecule has 1 atom stereocenters. The van der Waals surface area contributed by atoms with E-state index in [-0.39, 0.29) is 0 Å². The van der Waals surface area contributed by atoms with Gasteiger partial charge in [-0.25, -0.2) is 0 Å². The lowest BCUT2D eigenvalue weighted by atomic mass is 10.1. The van der Waals surface area contributed by atoms with Crippen molar-refractivity contribution in [3.05, 3.63) is 29.8 Å². The third kappa shape index (κ3) is 2.68. The largest absolute Gasteiger partial charge is 0.370 e. The summed E-state index contributed by atoms with van der Waals surface area (Å²) in [6.45, 7) is 5.74. The van der Waals surface area contributed by atoms with Crippen LogP contribution in [0.15, 0.2) is 24.3 Å². The lowest BCUT2D eigenvalue weighted by Crippen LogP contribution is -2.45. The fraction of sp³-hybridized carbons (Fsp3) is 0.600. The number of nitrogens with zero attached hydrogens (tertiary/aromatic N) is 1. The SMILES string of the molecule is c1ccc2c(c1)CCN2CCN[C@@H]1CCCNC1. The lowest BCUT2D eigenvalue weighted by Gasteiger charge is -2.26. The molecule has 0 spiro atoms. The molecule has 0 amide bonds. The molecule has 3 heteroatoms. The Labute approximate surface area is 110 Å². The van der Waals surface area contributed by atoms with Crippen molar-refractivity contribution in [2.45, 2.75) is 25.3 Å². The number of hydrogen-bond donors (Lipinski definition) is 2. The molecule has 2 N–H and O–H groups in total. The Morgan fingerprint density at radius 1 is 1.33 bits per heavy atom. The number of rotatable bonds is 4. The van der Waals surface area contributed by atoms with Crippen molar-refractivity contribution in [2.24, 2.45) is 0 Å². The number of hydrogen-bond acceptors (Lipinski definition) is 3. The Morgan fingerprint density at radius 2 is 2.28 bits per heavy atom. The van der Waals surface area contributed by atoms with Gasteiger partial charge in [0, 0.05) is 37.9 Å². The van der Waals surface area contributed by atoms with E-state index in [4.69, 9.17) is 0 Å². The van der Waals surface area contributed by atoms with Gasteiger partial charge in [0.2, 0.25) is 0 Å². The van der Waals surface area contributed by atoms with Crippen LogP contribution in [-0.2, 0) is 6.42 Å². The van der Waals surface area contributed by atoms with Gasteiger partial charge in [0.05, 0.1) is 0 Å². The number of para-hydroxylation sites is 1. The number of nitrogens with one attached hydrogen (secondary N) is 2. The number of piperidine rings is 1. The first-order valence-corrected chi connectivity index (χ1v) is 7.20. The van der Waals surface area contributed by atoms with Crippen LogP contribution in [-0.4, -0.2) is 38.8 Å². The van der Waals surface area contributed by atoms with E-state index in [1.54, 1.807) is 0 Å². The molecule has 2 aliphatic rings. The molecule has 2 aliphatic heterocycles. The van der Waals surface area contributed by atoms with Crippen LogP contribution in [0.3, 0.4) is 0 Å². The minimum Gasteiger partial charge on any atom is -0.370 e. The fourth-order valence-electron chi connectivity index (χ4n) is 3.07. The summed E-state index contributed by atoms with van der Waals surface area (Å²) >= 11 is 0. The van der Waals surface area contributed by atoms with E-state index in [0.29, 0.717) is 6.04 Å². The van der Waals surface area contributed by atoms with Gasteiger partial charge in [0.1, 0.15) is 0 Å². The minimum atomic E-state index is 0.677. The van der Waals surface area contributed by atoms with Crippen molar-refractivity contribution in [3.63, 3.8) is 0 Å². The molecule has 0 unspecified atom stereocenters. The molecule has 1 fully saturated rings. The Balaban J connectivity index is 1.47. The summed E-state index contributed by atoms with van der Waals surface area (Å²) in [4.78, 5) is 2.51. The summed E-state index contributed by atoms with van der Waals surface area (Å²) in [5.74, 6) is 0. The number of anilines is 1. The standard InChI is InChI=1S/C15H23N3/c1-2-6-15-13(4-1)7-10-18(15)11-9-17-14-5-3-8-16-12-14/h1-2,4,6,14,16-17H,3,5,7-12H2/t14-/m1/s1. The van der Waals surface area contributed by atoms with Crippen LogP contribution in [0.1, 0.15) is 18.4 Å². The zero-order valence-corrected chi connectivity index (χ0v) is 11.0. The molecule has 2 heterocycles. The Kier molecular flexibility index (Phi) is 3.81. The Morgan fingerprint density at radius 3 is 3.17 bits per heavy atom. The second-order valence-corrected chi connectivity index (χ2v) is 5.36. The van der Waals surface area contributed by atoms with Crippen LogP contribution in [0.25, 0.3) is 0 Å². The van der Waals surface area contributed by atoms with E-state index in [1.807, 2.05) is 0 Å². The van der Waals surface area contributed by atoms with Crippen molar-refractivity contribution in [1.82, 2.24) is 10.6 Å². The summed E-state index contributed by atoms with van der Waals surface area (Å²) in [5, 5.41) is 7.13. The second-order valence-electron chi connectivity index (χ2n) is 5.36. The van der Waals surface area contributed by atoms with Gasteiger partial charge in [-0.2, -0.15) is 0 Å². The molecule has 3 rings (SSSR count). The summed E-state index contributed by atoms with van der Waals surface area (Å²) < 4.78 is 0. The summed E-state index contributed by atoms with van der Waals surface area (Å²) in [5.41, 5.74) is 2.96. The smallest absolute Gasteiger partial charge is 0.0399 e. The van der Waals surface area contributed by atoms with E-state index < -0.39 is 0 Å². The maximum Gasteiger partial charge on any atom is 0.0399 e. The molecule has 1 aromatic carbocycles. The van der Waals surface area contributed by atoms with Crippen molar-refractivity contribution in [2.75, 3.05) is 37.6 Å². The molecular weight excluding hydrogens is 222 g/mol. The molecule has 1 aromatic rings. The quantitative estimate of drug-likeness (QED) is 0.839. The highest BCUT2D eigenvalue weighted by Gasteiger charge is 2.18. The highest BCUT2D eigenvalue weighted by molar-refractivity contribution is 5.57. The molecule has 1 saturated heterocycles. The molecule has 0 saturated carbocycles. The molecular formula is C15H23N3. The van der Waals surface area contributed by atoms with Gasteiger partial charge in [-0.1, -0.05) is 18.2 Å². The van der Waals surface area contributed by atoms with Gasteiger partial charge in [-0.3, -0.25) is 0 Å². The van der Waals surface area contributed by atoms with Crippen molar-refractivity contribution in [3.8, 4) is 0 Å². The molecule has 0 aliphatic carbocycles. The van der Waals surface area contributed by atoms with E-state index in [0.717, 1.165) is 19.6 Å². The number of benzene rings is 1. The first-order valence-electron chi connectivity index (χ1n) is 7.20. The maximum atomic E-state index is 3.68. The average Bonchev–Trinajstić information content (AvgIpc) is 2.84. The summed E-state index contributed by atoms with van der Waals surface area (Å²) in [6, 6.07) is 9.49. The first-order chi connectivity index (χ1) is 8.93. The van der Waals surface area contributed by atoms with Crippen LogP contribution < -0.4 is 15.5 Å². The average molecular weight is 245 g/mol. The van der Waals surface area contributed by atoms with Crippen molar-refractivity contribution < 1.29 is 0 Å². The van der Waals surface area contributed by atoms with E-state index in [9.17, 15) is 0 Å². The van der Waals surface area contributed by atoms with Gasteiger partial charge in [0.15, 0.2) is 0 Å². The summed E-state index contributed by atoms with van der Waals surface area (Å²) in [7, 11) is 0.